The van der Waals surface area contributed by atoms with Gasteiger partial charge in [-0.1, -0.05) is 48.5 Å². The summed E-state index contributed by atoms with van der Waals surface area (Å²) in [6.45, 7) is 2.16. The maximum atomic E-state index is 13.7. The van der Waals surface area contributed by atoms with E-state index in [9.17, 15) is 13.2 Å². The second kappa shape index (κ2) is 10.8. The van der Waals surface area contributed by atoms with Crippen molar-refractivity contribution in [2.45, 2.75) is 17.4 Å². The van der Waals surface area contributed by atoms with Crippen molar-refractivity contribution >= 4 is 44.3 Å². The number of piperazine rings is 1. The van der Waals surface area contributed by atoms with Crippen LogP contribution < -0.4 is 14.4 Å². The van der Waals surface area contributed by atoms with Crippen molar-refractivity contribution in [2.75, 3.05) is 38.2 Å². The first-order chi connectivity index (χ1) is 18.0. The van der Waals surface area contributed by atoms with Gasteiger partial charge in [0, 0.05) is 26.2 Å². The molecule has 0 spiro atoms. The summed E-state index contributed by atoms with van der Waals surface area (Å²) in [7, 11) is -2.40. The number of carbonyl (C=O) groups excluding carboxylic acids is 1. The molecule has 0 aromatic heterocycles. The second-order valence-corrected chi connectivity index (χ2v) is 10.9. The van der Waals surface area contributed by atoms with Gasteiger partial charge in [-0.3, -0.25) is 4.79 Å². The molecule has 0 saturated carbocycles. The fraction of sp³-hybridized carbons (Fsp3) is 0.269. The number of nitrogens with one attached hydrogen (secondary N) is 1. The van der Waals surface area contributed by atoms with E-state index in [1.807, 2.05) is 54.6 Å². The zero-order valence-electron chi connectivity index (χ0n) is 20.3. The topological polar surface area (TPSA) is 104 Å². The number of benzene rings is 3. The predicted octanol–water partition coefficient (Wildman–Crippen LogP) is 3.66. The molecular formula is C26H27N5O4S2. The van der Waals surface area contributed by atoms with E-state index in [2.05, 4.69) is 18.3 Å². The van der Waals surface area contributed by atoms with Gasteiger partial charge in [-0.05, 0) is 36.2 Å². The van der Waals surface area contributed by atoms with Crippen molar-refractivity contribution < 1.29 is 17.9 Å². The molecule has 9 nitrogen and oxygen atoms in total. The number of rotatable bonds is 8. The number of carbonyl (C=O) groups is 1. The van der Waals surface area contributed by atoms with Crippen molar-refractivity contribution in [1.29, 1.82) is 0 Å². The number of anilines is 1. The number of nitrogens with zero attached hydrogens (tertiary/aromatic N) is 4. The lowest BCUT2D eigenvalue weighted by molar-refractivity contribution is -0.133. The van der Waals surface area contributed by atoms with Gasteiger partial charge < -0.3 is 14.5 Å². The van der Waals surface area contributed by atoms with Crippen LogP contribution in [0.15, 0.2) is 86.4 Å². The predicted molar refractivity (Wildman–Crippen MR) is 144 cm³/mol. The number of sulfonamides is 1. The Hall–Kier alpha value is -3.54. The van der Waals surface area contributed by atoms with Crippen molar-refractivity contribution in [3.05, 3.63) is 78.4 Å². The monoisotopic (exact) mass is 537 g/mol. The molecule has 1 saturated heterocycles. The minimum absolute atomic E-state index is 0.0191. The van der Waals surface area contributed by atoms with Crippen molar-refractivity contribution in [2.24, 2.45) is 8.73 Å². The summed E-state index contributed by atoms with van der Waals surface area (Å²) in [5, 5.41) is 0. The first kappa shape index (κ1) is 25.1. The first-order valence-corrected chi connectivity index (χ1v) is 14.1. The molecule has 1 atom stereocenters. The third kappa shape index (κ3) is 5.43. The molecule has 0 radical (unpaired) electrons. The zero-order chi connectivity index (χ0) is 25.8. The van der Waals surface area contributed by atoms with E-state index in [0.717, 1.165) is 28.4 Å². The Morgan fingerprint density at radius 1 is 0.973 bits per heavy atom. The highest BCUT2D eigenvalue weighted by molar-refractivity contribution is 7.89. The molecule has 0 aliphatic carbocycles. The highest BCUT2D eigenvalue weighted by Gasteiger charge is 2.33. The third-order valence-electron chi connectivity index (χ3n) is 6.43. The Morgan fingerprint density at radius 2 is 1.70 bits per heavy atom. The molecule has 3 aromatic rings. The second-order valence-electron chi connectivity index (χ2n) is 8.74. The van der Waals surface area contributed by atoms with E-state index in [-0.39, 0.29) is 17.2 Å². The van der Waals surface area contributed by atoms with Gasteiger partial charge >= 0.3 is 0 Å². The Morgan fingerprint density at radius 3 is 2.46 bits per heavy atom. The van der Waals surface area contributed by atoms with Gasteiger partial charge in [-0.2, -0.15) is 13.4 Å². The zero-order valence-corrected chi connectivity index (χ0v) is 21.9. The molecule has 37 heavy (non-hydrogen) atoms. The fourth-order valence-electron chi connectivity index (χ4n) is 4.56. The minimum atomic E-state index is -4.04. The van der Waals surface area contributed by atoms with Gasteiger partial charge in [0.25, 0.3) is 0 Å². The number of amides is 1. The summed E-state index contributed by atoms with van der Waals surface area (Å²) in [5.74, 6) is 0.526. The van der Waals surface area contributed by atoms with Crippen LogP contribution in [0.5, 0.6) is 5.75 Å². The van der Waals surface area contributed by atoms with Crippen LogP contribution >= 0.6 is 0 Å². The number of para-hydroxylation sites is 2. The number of methoxy groups -OCH3 is 1. The van der Waals surface area contributed by atoms with Gasteiger partial charge in [-0.25, -0.2) is 8.42 Å². The van der Waals surface area contributed by atoms with E-state index < -0.39 is 16.1 Å². The number of ether oxygens (including phenoxy) is 1. The van der Waals surface area contributed by atoms with Gasteiger partial charge in [-0.15, -0.1) is 0 Å². The number of hydrogen-bond acceptors (Lipinski definition) is 7. The summed E-state index contributed by atoms with van der Waals surface area (Å²) in [4.78, 5) is 17.6. The molecule has 2 aliphatic rings. The summed E-state index contributed by atoms with van der Waals surface area (Å²) < 4.78 is 43.4. The standard InChI is InChI=1S/C26H27N5O4S2/c1-35-23-12-6-5-11-22(23)30-14-16-31(17-15-30)26(32)21(18-19-8-3-2-4-9-19)29-37(33,34)24-13-7-10-20-25(24)28-36-27-20/h2-13,21,29H,14-18H2,1H3/t21-/m0/s1. The molecular weight excluding hydrogens is 510 g/mol. The molecule has 1 amide bonds. The molecule has 192 valence electrons. The van der Waals surface area contributed by atoms with Crippen molar-refractivity contribution in [3.63, 3.8) is 0 Å². The van der Waals surface area contributed by atoms with Gasteiger partial charge in [0.1, 0.15) is 28.1 Å². The molecule has 0 bridgehead atoms. The van der Waals surface area contributed by atoms with E-state index in [0.29, 0.717) is 37.6 Å². The normalized spacial score (nSPS) is 15.7. The summed E-state index contributed by atoms with van der Waals surface area (Å²) >= 11 is 0.954. The maximum Gasteiger partial charge on any atom is 0.243 e. The molecule has 2 heterocycles. The highest BCUT2D eigenvalue weighted by Crippen LogP contribution is 2.37. The Labute approximate surface area is 220 Å². The van der Waals surface area contributed by atoms with Crippen LogP contribution in [0.1, 0.15) is 5.56 Å². The number of fused-ring (bicyclic) bond motifs is 1. The van der Waals surface area contributed by atoms with Crippen LogP contribution in [0.2, 0.25) is 0 Å². The quantitative estimate of drug-likeness (QED) is 0.370. The minimum Gasteiger partial charge on any atom is -0.495 e. The maximum absolute atomic E-state index is 13.7. The molecule has 3 aromatic carbocycles. The molecule has 1 fully saturated rings. The van der Waals surface area contributed by atoms with E-state index >= 15 is 0 Å². The summed E-state index contributed by atoms with van der Waals surface area (Å²) in [6.07, 6.45) is 0.233. The van der Waals surface area contributed by atoms with Crippen LogP contribution in [0.25, 0.3) is 0 Å². The lowest BCUT2D eigenvalue weighted by Gasteiger charge is -2.38. The Balaban J connectivity index is 1.36. The average Bonchev–Trinajstić information content (AvgIpc) is 3.42. The summed E-state index contributed by atoms with van der Waals surface area (Å²) in [6, 6.07) is 21.1. The third-order valence-corrected chi connectivity index (χ3v) is 8.48. The van der Waals surface area contributed by atoms with Crippen LogP contribution in [0.3, 0.4) is 0 Å². The lowest BCUT2D eigenvalue weighted by atomic mass is 10.1. The molecule has 1 N–H and O–H groups in total. The molecule has 5 rings (SSSR count). The SMILES string of the molecule is COc1ccccc1N1CCN(C(=O)[C@H](Cc2ccccc2)NS(=O)(=O)c2cccc3c2N=S=N3)CC1. The molecule has 11 heteroatoms. The Bertz CT molecular complexity index is 1470. The molecule has 0 unspecified atom stereocenters. The summed E-state index contributed by atoms with van der Waals surface area (Å²) in [5.41, 5.74) is 2.65. The lowest BCUT2D eigenvalue weighted by Crippen LogP contribution is -2.55. The van der Waals surface area contributed by atoms with Crippen LogP contribution in [0.4, 0.5) is 17.1 Å². The van der Waals surface area contributed by atoms with Gasteiger partial charge in [0.15, 0.2) is 0 Å². The number of hydrogen-bond donors (Lipinski definition) is 1. The highest BCUT2D eigenvalue weighted by atomic mass is 32.2. The Kier molecular flexibility index (Phi) is 7.36. The van der Waals surface area contributed by atoms with Crippen LogP contribution in [-0.4, -0.2) is 58.6 Å². The first-order valence-electron chi connectivity index (χ1n) is 11.9. The average molecular weight is 538 g/mol. The van der Waals surface area contributed by atoms with E-state index in [1.165, 1.54) is 6.07 Å². The fourth-order valence-corrected chi connectivity index (χ4v) is 6.51. The van der Waals surface area contributed by atoms with Crippen molar-refractivity contribution in [1.82, 2.24) is 9.62 Å². The van der Waals surface area contributed by atoms with Crippen molar-refractivity contribution in [3.8, 4) is 5.75 Å². The van der Waals surface area contributed by atoms with Gasteiger partial charge in [0.2, 0.25) is 15.9 Å². The smallest absolute Gasteiger partial charge is 0.243 e. The van der Waals surface area contributed by atoms with Crippen LogP contribution in [0, 0.1) is 0 Å². The van der Waals surface area contributed by atoms with E-state index in [4.69, 9.17) is 4.74 Å². The molecule has 2 aliphatic heterocycles. The van der Waals surface area contributed by atoms with Gasteiger partial charge in [0.05, 0.1) is 24.2 Å². The largest absolute Gasteiger partial charge is 0.495 e. The van der Waals surface area contributed by atoms with Crippen LogP contribution in [-0.2, 0) is 32.6 Å². The van der Waals surface area contributed by atoms with E-state index in [1.54, 1.807) is 24.1 Å².